The summed E-state index contributed by atoms with van der Waals surface area (Å²) in [6.07, 6.45) is 11.8. The fourth-order valence-electron chi connectivity index (χ4n) is 5.91. The Balaban J connectivity index is 1.41. The Bertz CT molecular complexity index is 817. The van der Waals surface area contributed by atoms with E-state index >= 15 is 0 Å². The summed E-state index contributed by atoms with van der Waals surface area (Å²) >= 11 is 0. The molecule has 1 atom stereocenters. The lowest BCUT2D eigenvalue weighted by Gasteiger charge is -2.41. The average Bonchev–Trinajstić information content (AvgIpc) is 3.54. The largest absolute Gasteiger partial charge is 0.497 e. The van der Waals surface area contributed by atoms with Gasteiger partial charge in [0.25, 0.3) is 0 Å². The molecule has 0 spiro atoms. The first-order valence-electron chi connectivity index (χ1n) is 12.2. The van der Waals surface area contributed by atoms with Crippen molar-refractivity contribution in [2.75, 3.05) is 33.3 Å². The maximum Gasteiger partial charge on any atom is 0.173 e. The second-order valence-electron chi connectivity index (χ2n) is 9.46. The molecule has 31 heavy (non-hydrogen) atoms. The van der Waals surface area contributed by atoms with Crippen LogP contribution in [0.2, 0.25) is 0 Å². The molecule has 7 heteroatoms. The van der Waals surface area contributed by atoms with Gasteiger partial charge in [0.2, 0.25) is 0 Å². The van der Waals surface area contributed by atoms with E-state index in [1.165, 1.54) is 63.4 Å². The Morgan fingerprint density at radius 2 is 1.48 bits per heavy atom. The second-order valence-corrected chi connectivity index (χ2v) is 9.46. The van der Waals surface area contributed by atoms with Gasteiger partial charge in [-0.1, -0.05) is 44.2 Å². The minimum absolute atomic E-state index is 0.0913. The summed E-state index contributed by atoms with van der Waals surface area (Å²) in [5.74, 6) is 1.90. The van der Waals surface area contributed by atoms with Crippen LogP contribution in [-0.4, -0.2) is 69.3 Å². The number of nitrogens with zero attached hydrogens (tertiary/aromatic N) is 6. The van der Waals surface area contributed by atoms with Crippen molar-refractivity contribution >= 4 is 0 Å². The summed E-state index contributed by atoms with van der Waals surface area (Å²) in [5.41, 5.74) is 1.25. The molecule has 7 nitrogen and oxygen atoms in total. The molecule has 0 bridgehead atoms. The number of benzene rings is 1. The fraction of sp³-hybridized carbons (Fsp3) is 0.708. The van der Waals surface area contributed by atoms with Crippen LogP contribution in [0.4, 0.5) is 0 Å². The zero-order chi connectivity index (χ0) is 21.0. The smallest absolute Gasteiger partial charge is 0.173 e. The van der Waals surface area contributed by atoms with Crippen LogP contribution in [0.15, 0.2) is 24.3 Å². The molecule has 2 aromatic rings. The van der Waals surface area contributed by atoms with E-state index in [1.807, 2.05) is 0 Å². The lowest BCUT2D eigenvalue weighted by molar-refractivity contribution is 0.0760. The Labute approximate surface area is 185 Å². The van der Waals surface area contributed by atoms with E-state index in [9.17, 15) is 0 Å². The van der Waals surface area contributed by atoms with Gasteiger partial charge >= 0.3 is 0 Å². The van der Waals surface area contributed by atoms with Gasteiger partial charge in [-0.3, -0.25) is 9.80 Å². The standard InChI is InChI=1S/C24H36N6O/c1-31-22-13-11-19(12-14-22)23(24-25-26-27-30(24)21-9-3-2-4-10-21)29-17-15-28(16-18-29)20-7-5-6-8-20/h11-14,20-21,23H,2-10,15-18H2,1H3. The molecule has 0 N–H and O–H groups in total. The minimum atomic E-state index is 0.0913. The first-order chi connectivity index (χ1) is 15.3. The predicted molar refractivity (Wildman–Crippen MR) is 120 cm³/mol. The molecule has 3 aliphatic rings. The number of rotatable bonds is 6. The quantitative estimate of drug-likeness (QED) is 0.702. The van der Waals surface area contributed by atoms with E-state index in [-0.39, 0.29) is 6.04 Å². The van der Waals surface area contributed by atoms with Gasteiger partial charge in [-0.25, -0.2) is 4.68 Å². The number of aromatic nitrogens is 4. The van der Waals surface area contributed by atoms with Gasteiger partial charge in [0.1, 0.15) is 5.75 Å². The van der Waals surface area contributed by atoms with E-state index in [0.29, 0.717) is 6.04 Å². The van der Waals surface area contributed by atoms with Crippen LogP contribution < -0.4 is 4.74 Å². The summed E-state index contributed by atoms with van der Waals surface area (Å²) < 4.78 is 7.56. The van der Waals surface area contributed by atoms with Crippen molar-refractivity contribution in [1.82, 2.24) is 30.0 Å². The van der Waals surface area contributed by atoms with E-state index in [2.05, 4.69) is 54.3 Å². The molecule has 1 unspecified atom stereocenters. The second kappa shape index (κ2) is 9.65. The summed E-state index contributed by atoms with van der Waals surface area (Å²) in [6.45, 7) is 4.40. The molecule has 3 fully saturated rings. The van der Waals surface area contributed by atoms with Crippen LogP contribution in [0.25, 0.3) is 0 Å². The third-order valence-electron chi connectivity index (χ3n) is 7.67. The van der Waals surface area contributed by atoms with Crippen LogP contribution in [-0.2, 0) is 0 Å². The Morgan fingerprint density at radius 3 is 2.16 bits per heavy atom. The monoisotopic (exact) mass is 424 g/mol. The lowest BCUT2D eigenvalue weighted by Crippen LogP contribution is -2.51. The Kier molecular flexibility index (Phi) is 6.50. The van der Waals surface area contributed by atoms with Gasteiger partial charge < -0.3 is 4.74 Å². The fourth-order valence-corrected chi connectivity index (χ4v) is 5.91. The molecule has 1 aromatic heterocycles. The lowest BCUT2D eigenvalue weighted by atomic mass is 9.95. The van der Waals surface area contributed by atoms with Crippen molar-refractivity contribution < 1.29 is 4.74 Å². The summed E-state index contributed by atoms with van der Waals surface area (Å²) in [7, 11) is 1.72. The maximum atomic E-state index is 5.41. The molecular formula is C24H36N6O. The topological polar surface area (TPSA) is 59.3 Å². The van der Waals surface area contributed by atoms with Gasteiger partial charge in [0, 0.05) is 32.2 Å². The van der Waals surface area contributed by atoms with Crippen LogP contribution in [0.5, 0.6) is 5.75 Å². The van der Waals surface area contributed by atoms with E-state index in [4.69, 9.17) is 4.74 Å². The Morgan fingerprint density at radius 1 is 0.839 bits per heavy atom. The van der Waals surface area contributed by atoms with Crippen molar-refractivity contribution in [3.8, 4) is 5.75 Å². The molecular weight excluding hydrogens is 388 g/mol. The number of ether oxygens (including phenoxy) is 1. The third kappa shape index (κ3) is 4.48. The highest BCUT2D eigenvalue weighted by Gasteiger charge is 2.34. The van der Waals surface area contributed by atoms with E-state index in [0.717, 1.165) is 43.8 Å². The van der Waals surface area contributed by atoms with E-state index in [1.54, 1.807) is 7.11 Å². The zero-order valence-corrected chi connectivity index (χ0v) is 18.8. The van der Waals surface area contributed by atoms with Crippen LogP contribution >= 0.6 is 0 Å². The number of hydrogen-bond acceptors (Lipinski definition) is 6. The number of tetrazole rings is 1. The summed E-state index contributed by atoms with van der Waals surface area (Å²) in [5, 5.41) is 13.2. The molecule has 0 radical (unpaired) electrons. The average molecular weight is 425 g/mol. The third-order valence-corrected chi connectivity index (χ3v) is 7.67. The van der Waals surface area contributed by atoms with Crippen molar-refractivity contribution in [3.63, 3.8) is 0 Å². The summed E-state index contributed by atoms with van der Waals surface area (Å²) in [4.78, 5) is 5.32. The molecule has 5 rings (SSSR count). The first kappa shape index (κ1) is 20.9. The van der Waals surface area contributed by atoms with Crippen molar-refractivity contribution in [2.24, 2.45) is 0 Å². The molecule has 2 aliphatic carbocycles. The van der Waals surface area contributed by atoms with Gasteiger partial charge in [-0.15, -0.1) is 5.10 Å². The number of methoxy groups -OCH3 is 1. The number of hydrogen-bond donors (Lipinski definition) is 0. The highest BCUT2D eigenvalue weighted by Crippen LogP contribution is 2.35. The molecule has 0 amide bonds. The predicted octanol–water partition coefficient (Wildman–Crippen LogP) is 3.84. The minimum Gasteiger partial charge on any atom is -0.497 e. The van der Waals surface area contributed by atoms with Gasteiger partial charge in [-0.05, 0) is 53.8 Å². The first-order valence-corrected chi connectivity index (χ1v) is 12.2. The van der Waals surface area contributed by atoms with Gasteiger partial charge in [0.15, 0.2) is 5.82 Å². The maximum absolute atomic E-state index is 5.41. The zero-order valence-electron chi connectivity index (χ0n) is 18.8. The SMILES string of the molecule is COc1ccc(C(c2nnnn2C2CCCCC2)N2CCN(C3CCCC3)CC2)cc1. The van der Waals surface area contributed by atoms with Gasteiger partial charge in [0.05, 0.1) is 19.2 Å². The van der Waals surface area contributed by atoms with Crippen LogP contribution in [0.1, 0.15) is 81.3 Å². The van der Waals surface area contributed by atoms with Crippen molar-refractivity contribution in [2.45, 2.75) is 75.9 Å². The van der Waals surface area contributed by atoms with Crippen molar-refractivity contribution in [3.05, 3.63) is 35.7 Å². The summed E-state index contributed by atoms with van der Waals surface area (Å²) in [6, 6.07) is 9.82. The van der Waals surface area contributed by atoms with Crippen LogP contribution in [0, 0.1) is 0 Å². The molecule has 2 saturated carbocycles. The van der Waals surface area contributed by atoms with Crippen molar-refractivity contribution in [1.29, 1.82) is 0 Å². The normalized spacial score (nSPS) is 23.3. The van der Waals surface area contributed by atoms with Gasteiger partial charge in [-0.2, -0.15) is 0 Å². The highest BCUT2D eigenvalue weighted by atomic mass is 16.5. The molecule has 2 heterocycles. The molecule has 168 valence electrons. The highest BCUT2D eigenvalue weighted by molar-refractivity contribution is 5.32. The van der Waals surface area contributed by atoms with E-state index < -0.39 is 0 Å². The molecule has 1 aromatic carbocycles. The number of piperazine rings is 1. The Hall–Kier alpha value is -1.99. The van der Waals surface area contributed by atoms with Crippen LogP contribution in [0.3, 0.4) is 0 Å². The molecule has 1 saturated heterocycles. The molecule has 1 aliphatic heterocycles.